The Morgan fingerprint density at radius 1 is 1.09 bits per heavy atom. The molecule has 1 N–H and O–H groups in total. The number of hydrogen-bond acceptors (Lipinski definition) is 7. The number of rotatable bonds is 6. The van der Waals surface area contributed by atoms with Gasteiger partial charge in [-0.1, -0.05) is 74.4 Å². The van der Waals surface area contributed by atoms with E-state index in [0.717, 1.165) is 26.6 Å². The van der Waals surface area contributed by atoms with Gasteiger partial charge in [-0.05, 0) is 41.1 Å². The van der Waals surface area contributed by atoms with Gasteiger partial charge < -0.3 is 10.1 Å². The number of nitrogens with zero attached hydrogens (tertiary/aromatic N) is 2. The Labute approximate surface area is 217 Å². The molecule has 0 saturated heterocycles. The molecule has 4 aromatic rings. The fraction of sp³-hybridized carbons (Fsp3) is 0.240. The number of methoxy groups -OCH3 is 1. The van der Waals surface area contributed by atoms with E-state index in [-0.39, 0.29) is 5.92 Å². The summed E-state index contributed by atoms with van der Waals surface area (Å²) in [5.74, 6) is 0.103. The minimum Gasteiger partial charge on any atom is -0.465 e. The highest BCUT2D eigenvalue weighted by molar-refractivity contribution is 7.19. The summed E-state index contributed by atoms with van der Waals surface area (Å²) in [4.78, 5) is 23.8. The van der Waals surface area contributed by atoms with Crippen molar-refractivity contribution in [3.63, 3.8) is 0 Å². The van der Waals surface area contributed by atoms with Gasteiger partial charge in [0.1, 0.15) is 11.4 Å². The van der Waals surface area contributed by atoms with Crippen molar-refractivity contribution in [2.45, 2.75) is 33.6 Å². The number of aromatic nitrogens is 2. The van der Waals surface area contributed by atoms with E-state index >= 15 is 0 Å². The molecule has 4 rings (SSSR count). The van der Waals surface area contributed by atoms with Crippen molar-refractivity contribution in [1.29, 1.82) is 0 Å². The van der Waals surface area contributed by atoms with Crippen molar-refractivity contribution < 1.29 is 9.53 Å². The number of ether oxygens (including phenoxy) is 1. The van der Waals surface area contributed by atoms with Crippen LogP contribution < -0.4 is 5.32 Å². The minimum atomic E-state index is -0.469. The third kappa shape index (κ3) is 5.78. The fourth-order valence-electron chi connectivity index (χ4n) is 3.13. The van der Waals surface area contributed by atoms with Gasteiger partial charge in [-0.25, -0.2) is 14.8 Å². The Hall–Kier alpha value is -2.45. The lowest BCUT2D eigenvalue weighted by Gasteiger charge is -2.09. The van der Waals surface area contributed by atoms with Gasteiger partial charge in [0.05, 0.1) is 27.7 Å². The average molecular weight is 535 g/mol. The van der Waals surface area contributed by atoms with Gasteiger partial charge in [0, 0.05) is 16.6 Å². The largest absolute Gasteiger partial charge is 0.465 e. The van der Waals surface area contributed by atoms with E-state index in [2.05, 4.69) is 24.1 Å². The first-order valence-electron chi connectivity index (χ1n) is 10.7. The van der Waals surface area contributed by atoms with Crippen LogP contribution in [0, 0.1) is 0 Å². The lowest BCUT2D eigenvalue weighted by molar-refractivity contribution is 0.0601. The summed E-state index contributed by atoms with van der Waals surface area (Å²) in [5, 5.41) is 6.80. The molecule has 3 heterocycles. The third-order valence-electron chi connectivity index (χ3n) is 4.71. The van der Waals surface area contributed by atoms with Crippen LogP contribution in [-0.2, 0) is 4.74 Å². The highest BCUT2D eigenvalue weighted by Gasteiger charge is 2.20. The van der Waals surface area contributed by atoms with Gasteiger partial charge in [-0.15, -0.1) is 11.3 Å². The normalized spacial score (nSPS) is 10.6. The number of thiazole rings is 1. The number of carbonyl (C=O) groups is 1. The van der Waals surface area contributed by atoms with Crippen LogP contribution in [0.25, 0.3) is 20.9 Å². The number of nitrogens with one attached hydrogen (secondary N) is 1. The summed E-state index contributed by atoms with van der Waals surface area (Å²) < 4.78 is 4.99. The van der Waals surface area contributed by atoms with Crippen molar-refractivity contribution in [2.75, 3.05) is 12.4 Å². The smallest absolute Gasteiger partial charge is 0.341 e. The van der Waals surface area contributed by atoms with E-state index in [1.807, 2.05) is 43.5 Å². The molecule has 5 nitrogen and oxygen atoms in total. The molecule has 0 amide bonds. The monoisotopic (exact) mass is 533 g/mol. The molecule has 0 radical (unpaired) electrons. The van der Waals surface area contributed by atoms with E-state index in [0.29, 0.717) is 26.6 Å². The van der Waals surface area contributed by atoms with Gasteiger partial charge in [0.2, 0.25) is 0 Å². The number of thiophene rings is 1. The summed E-state index contributed by atoms with van der Waals surface area (Å²) in [5.41, 5.74) is 3.05. The predicted octanol–water partition coefficient (Wildman–Crippen LogP) is 8.92. The van der Waals surface area contributed by atoms with Gasteiger partial charge in [0.15, 0.2) is 5.13 Å². The molecule has 0 fully saturated rings. The Morgan fingerprint density at radius 2 is 1.85 bits per heavy atom. The molecule has 0 unspecified atom stereocenters. The standard InChI is InChI=1S/C23H19Cl2N3O2S2.C2H6/c1-12(2)19-20(13-6-7-16(24)17(25)10-13)32-23(27-19)28-21-15(22(29)30-3)9-14(11-26-21)18-5-4-8-31-18;1-2/h4-12H,1-3H3,(H,26,27,28);1-2H3. The van der Waals surface area contributed by atoms with Crippen molar-refractivity contribution in [2.24, 2.45) is 0 Å². The number of hydrogen-bond donors (Lipinski definition) is 1. The second-order valence-electron chi connectivity index (χ2n) is 7.23. The zero-order valence-corrected chi connectivity index (χ0v) is 22.6. The van der Waals surface area contributed by atoms with Crippen LogP contribution in [0.2, 0.25) is 10.0 Å². The summed E-state index contributed by atoms with van der Waals surface area (Å²) in [6, 6.07) is 11.2. The Bertz CT molecular complexity index is 1270. The summed E-state index contributed by atoms with van der Waals surface area (Å²) in [7, 11) is 1.35. The molecular weight excluding hydrogens is 509 g/mol. The zero-order valence-electron chi connectivity index (χ0n) is 19.5. The SMILES string of the molecule is CC.COC(=O)c1cc(-c2cccs2)cnc1Nc1nc(C(C)C)c(-c2ccc(Cl)c(Cl)c2)s1. The topological polar surface area (TPSA) is 64.1 Å². The van der Waals surface area contributed by atoms with Gasteiger partial charge in [0.25, 0.3) is 0 Å². The van der Waals surface area contributed by atoms with E-state index in [1.165, 1.54) is 18.4 Å². The summed E-state index contributed by atoms with van der Waals surface area (Å²) >= 11 is 15.4. The van der Waals surface area contributed by atoms with E-state index in [4.69, 9.17) is 32.9 Å². The summed E-state index contributed by atoms with van der Waals surface area (Å²) in [6.07, 6.45) is 1.73. The highest BCUT2D eigenvalue weighted by Crippen LogP contribution is 2.40. The van der Waals surface area contributed by atoms with Crippen LogP contribution in [0.15, 0.2) is 48.0 Å². The van der Waals surface area contributed by atoms with Crippen molar-refractivity contribution >= 4 is 62.8 Å². The Kier molecular flexibility index (Phi) is 9.08. The highest BCUT2D eigenvalue weighted by atomic mass is 35.5. The number of carbonyl (C=O) groups excluding carboxylic acids is 1. The van der Waals surface area contributed by atoms with Crippen LogP contribution >= 0.6 is 45.9 Å². The van der Waals surface area contributed by atoms with Gasteiger partial charge in [-0.2, -0.15) is 0 Å². The first-order chi connectivity index (χ1) is 16.4. The third-order valence-corrected chi connectivity index (χ3v) is 7.40. The number of pyridine rings is 1. The molecule has 34 heavy (non-hydrogen) atoms. The maximum Gasteiger partial charge on any atom is 0.341 e. The molecule has 0 aliphatic rings. The average Bonchev–Trinajstić information content (AvgIpc) is 3.53. The van der Waals surface area contributed by atoms with E-state index < -0.39 is 5.97 Å². The first-order valence-corrected chi connectivity index (χ1v) is 13.2. The van der Waals surface area contributed by atoms with Crippen LogP contribution in [0.3, 0.4) is 0 Å². The summed E-state index contributed by atoms with van der Waals surface area (Å²) in [6.45, 7) is 8.15. The number of halogens is 2. The Balaban J connectivity index is 0.00000158. The second-order valence-corrected chi connectivity index (χ2v) is 9.99. The molecule has 1 aromatic carbocycles. The van der Waals surface area contributed by atoms with Gasteiger partial charge in [-0.3, -0.25) is 0 Å². The molecule has 0 aliphatic carbocycles. The van der Waals surface area contributed by atoms with Crippen molar-refractivity contribution in [3.8, 4) is 20.9 Å². The zero-order chi connectivity index (χ0) is 24.8. The van der Waals surface area contributed by atoms with Gasteiger partial charge >= 0.3 is 5.97 Å². The molecule has 178 valence electrons. The van der Waals surface area contributed by atoms with Crippen LogP contribution in [0.1, 0.15) is 49.7 Å². The number of anilines is 2. The van der Waals surface area contributed by atoms with Crippen LogP contribution in [0.4, 0.5) is 10.9 Å². The van der Waals surface area contributed by atoms with Crippen molar-refractivity contribution in [1.82, 2.24) is 9.97 Å². The fourth-order valence-corrected chi connectivity index (χ4v) is 5.25. The van der Waals surface area contributed by atoms with E-state index in [9.17, 15) is 4.79 Å². The molecule has 0 saturated carbocycles. The first kappa shape index (κ1) is 26.2. The molecule has 0 atom stereocenters. The second kappa shape index (κ2) is 11.8. The molecule has 0 bridgehead atoms. The molecule has 9 heteroatoms. The van der Waals surface area contributed by atoms with Crippen LogP contribution in [0.5, 0.6) is 0 Å². The minimum absolute atomic E-state index is 0.181. The van der Waals surface area contributed by atoms with E-state index in [1.54, 1.807) is 29.7 Å². The van der Waals surface area contributed by atoms with Crippen LogP contribution in [-0.4, -0.2) is 23.0 Å². The molecule has 0 aliphatic heterocycles. The Morgan fingerprint density at radius 3 is 2.47 bits per heavy atom. The molecule has 3 aromatic heterocycles. The van der Waals surface area contributed by atoms with Crippen molar-refractivity contribution in [3.05, 3.63) is 69.3 Å². The number of benzene rings is 1. The maximum absolute atomic E-state index is 12.5. The lowest BCUT2D eigenvalue weighted by atomic mass is 10.1. The molecule has 0 spiro atoms. The number of esters is 1. The molecular formula is C25H25Cl2N3O2S2. The quantitative estimate of drug-likeness (QED) is 0.250. The lowest BCUT2D eigenvalue weighted by Crippen LogP contribution is -2.07. The maximum atomic E-state index is 12.5. The predicted molar refractivity (Wildman–Crippen MR) is 145 cm³/mol.